The lowest BCUT2D eigenvalue weighted by Gasteiger charge is -1.93. The summed E-state index contributed by atoms with van der Waals surface area (Å²) in [6.07, 6.45) is 4.06. The van der Waals surface area contributed by atoms with E-state index in [0.29, 0.717) is 5.17 Å². The Bertz CT molecular complexity index is 319. The molecule has 14 heavy (non-hydrogen) atoms. The third-order valence-electron chi connectivity index (χ3n) is 1.56. The van der Waals surface area contributed by atoms with Crippen molar-refractivity contribution in [3.63, 3.8) is 0 Å². The van der Waals surface area contributed by atoms with Gasteiger partial charge in [-0.15, -0.1) is 0 Å². The molecule has 0 amide bonds. The van der Waals surface area contributed by atoms with Gasteiger partial charge in [0.05, 0.1) is 0 Å². The summed E-state index contributed by atoms with van der Waals surface area (Å²) in [6.45, 7) is 0. The van der Waals surface area contributed by atoms with Crippen molar-refractivity contribution in [1.82, 2.24) is 0 Å². The second kappa shape index (κ2) is 6.10. The summed E-state index contributed by atoms with van der Waals surface area (Å²) in [5.41, 5.74) is 6.58. The molecule has 0 spiro atoms. The number of nitrogens with two attached hydrogens (primary N) is 2. The maximum atomic E-state index is 5.41. The molecule has 0 bridgehead atoms. The molecule has 0 aliphatic carbocycles. The largest absolute Gasteiger partial charge is 0.377 e. The Morgan fingerprint density at radius 3 is 2.71 bits per heavy atom. The number of hydrogen-bond acceptors (Lipinski definition) is 3. The lowest BCUT2D eigenvalue weighted by molar-refractivity contribution is 1.25. The quantitative estimate of drug-likeness (QED) is 0.342. The fraction of sp³-hybridized carbons (Fsp3) is 0.100. The van der Waals surface area contributed by atoms with E-state index in [1.54, 1.807) is 0 Å². The predicted octanol–water partition coefficient (Wildman–Crippen LogP) is 1.62. The number of amidine groups is 1. The van der Waals surface area contributed by atoms with E-state index >= 15 is 0 Å². The summed E-state index contributed by atoms with van der Waals surface area (Å²) in [6, 6.07) is 10.1. The number of rotatable bonds is 3. The highest BCUT2D eigenvalue weighted by molar-refractivity contribution is 8.13. The number of hydrogen-bond donors (Lipinski definition) is 2. The zero-order valence-electron chi connectivity index (χ0n) is 7.76. The number of hydrazone groups is 1. The topological polar surface area (TPSA) is 64.4 Å². The minimum atomic E-state index is 0.405. The molecule has 1 aromatic rings. The van der Waals surface area contributed by atoms with E-state index in [1.165, 1.54) is 17.3 Å². The van der Waals surface area contributed by atoms with Crippen LogP contribution >= 0.6 is 11.8 Å². The molecule has 4 heteroatoms. The Labute approximate surface area is 87.9 Å². The van der Waals surface area contributed by atoms with Crippen molar-refractivity contribution in [3.8, 4) is 0 Å². The van der Waals surface area contributed by atoms with Crippen LogP contribution in [0.15, 0.2) is 41.5 Å². The van der Waals surface area contributed by atoms with Crippen molar-refractivity contribution in [2.24, 2.45) is 16.7 Å². The van der Waals surface area contributed by atoms with Gasteiger partial charge in [0.2, 0.25) is 0 Å². The van der Waals surface area contributed by atoms with Crippen LogP contribution in [0.1, 0.15) is 5.56 Å². The molecule has 0 aromatic heterocycles. The van der Waals surface area contributed by atoms with Crippen LogP contribution in [-0.2, 0) is 0 Å². The highest BCUT2D eigenvalue weighted by Crippen LogP contribution is 2.04. The van der Waals surface area contributed by atoms with Gasteiger partial charge in [-0.2, -0.15) is 5.10 Å². The molecule has 74 valence electrons. The molecule has 0 saturated heterocycles. The molecule has 0 saturated carbocycles. The summed E-state index contributed by atoms with van der Waals surface area (Å²) >= 11 is 1.41. The maximum absolute atomic E-state index is 5.41. The molecule has 0 aliphatic heterocycles. The minimum Gasteiger partial charge on any atom is -0.377 e. The minimum absolute atomic E-state index is 0.405. The van der Waals surface area contributed by atoms with E-state index in [4.69, 9.17) is 11.6 Å². The fourth-order valence-electron chi connectivity index (χ4n) is 0.919. The molecule has 4 N–H and O–H groups in total. The highest BCUT2D eigenvalue weighted by atomic mass is 32.2. The molecule has 3 nitrogen and oxygen atoms in total. The Hall–Kier alpha value is -1.42. The van der Waals surface area contributed by atoms with Gasteiger partial charge < -0.3 is 11.6 Å². The van der Waals surface area contributed by atoms with E-state index in [9.17, 15) is 0 Å². The molecule has 0 aliphatic rings. The first-order valence-electron chi connectivity index (χ1n) is 4.20. The normalized spacial score (nSPS) is 12.1. The average Bonchev–Trinajstić information content (AvgIpc) is 2.25. The fourth-order valence-corrected chi connectivity index (χ4v) is 1.36. The standard InChI is InChI=1S/C10H13N3S/c11-10(13-12)14-8-4-7-9-5-2-1-3-6-9/h1-7H,8,12H2,(H2,11,13). The van der Waals surface area contributed by atoms with Crippen LogP contribution < -0.4 is 11.6 Å². The van der Waals surface area contributed by atoms with Gasteiger partial charge in [0.25, 0.3) is 0 Å². The van der Waals surface area contributed by atoms with Crippen LogP contribution in [0.2, 0.25) is 0 Å². The van der Waals surface area contributed by atoms with Gasteiger partial charge in [-0.05, 0) is 5.56 Å². The Balaban J connectivity index is 2.35. The lowest BCUT2D eigenvalue weighted by Crippen LogP contribution is -2.09. The van der Waals surface area contributed by atoms with Gasteiger partial charge in [-0.1, -0.05) is 54.2 Å². The first-order chi connectivity index (χ1) is 6.83. The number of thioether (sulfide) groups is 1. The summed E-state index contributed by atoms with van der Waals surface area (Å²) in [5, 5.41) is 3.76. The molecule has 0 fully saturated rings. The van der Waals surface area contributed by atoms with Gasteiger partial charge in [-0.3, -0.25) is 0 Å². The third kappa shape index (κ3) is 4.00. The first-order valence-corrected chi connectivity index (χ1v) is 5.19. The van der Waals surface area contributed by atoms with Crippen molar-refractivity contribution in [2.75, 3.05) is 5.75 Å². The molecule has 1 aromatic carbocycles. The summed E-state index contributed by atoms with van der Waals surface area (Å²) in [7, 11) is 0. The van der Waals surface area contributed by atoms with Crippen molar-refractivity contribution < 1.29 is 0 Å². The van der Waals surface area contributed by atoms with Crippen molar-refractivity contribution in [3.05, 3.63) is 42.0 Å². The molecule has 0 atom stereocenters. The Morgan fingerprint density at radius 1 is 1.36 bits per heavy atom. The second-order valence-corrected chi connectivity index (χ2v) is 3.63. The zero-order valence-corrected chi connectivity index (χ0v) is 8.58. The summed E-state index contributed by atoms with van der Waals surface area (Å²) in [5.74, 6) is 5.76. The highest BCUT2D eigenvalue weighted by Gasteiger charge is 1.88. The lowest BCUT2D eigenvalue weighted by atomic mass is 10.2. The first kappa shape index (κ1) is 10.7. The molecule has 0 radical (unpaired) electrons. The Morgan fingerprint density at radius 2 is 2.07 bits per heavy atom. The number of benzene rings is 1. The van der Waals surface area contributed by atoms with Crippen molar-refractivity contribution >= 4 is 23.0 Å². The van der Waals surface area contributed by atoms with E-state index in [2.05, 4.69) is 5.10 Å². The average molecular weight is 207 g/mol. The molecule has 1 rings (SSSR count). The van der Waals surface area contributed by atoms with E-state index in [1.807, 2.05) is 42.5 Å². The van der Waals surface area contributed by atoms with Gasteiger partial charge in [0.15, 0.2) is 5.17 Å². The van der Waals surface area contributed by atoms with Gasteiger partial charge in [0, 0.05) is 5.75 Å². The van der Waals surface area contributed by atoms with Gasteiger partial charge >= 0.3 is 0 Å². The summed E-state index contributed by atoms with van der Waals surface area (Å²) in [4.78, 5) is 0. The zero-order chi connectivity index (χ0) is 10.2. The third-order valence-corrected chi connectivity index (χ3v) is 2.32. The monoisotopic (exact) mass is 207 g/mol. The summed E-state index contributed by atoms with van der Waals surface area (Å²) < 4.78 is 0. The van der Waals surface area contributed by atoms with Crippen molar-refractivity contribution in [2.45, 2.75) is 0 Å². The van der Waals surface area contributed by atoms with Crippen LogP contribution in [-0.4, -0.2) is 10.9 Å². The van der Waals surface area contributed by atoms with E-state index < -0.39 is 0 Å². The maximum Gasteiger partial charge on any atom is 0.177 e. The SMILES string of the molecule is NN=C(N)SCC=Cc1ccccc1. The molecular weight excluding hydrogens is 194 g/mol. The Kier molecular flexibility index (Phi) is 4.64. The molecule has 0 heterocycles. The van der Waals surface area contributed by atoms with E-state index in [0.717, 1.165) is 5.75 Å². The molecule has 0 unspecified atom stereocenters. The van der Waals surface area contributed by atoms with Crippen molar-refractivity contribution in [1.29, 1.82) is 0 Å². The van der Waals surface area contributed by atoms with Crippen LogP contribution in [0.5, 0.6) is 0 Å². The second-order valence-electron chi connectivity index (χ2n) is 2.59. The van der Waals surface area contributed by atoms with Crippen LogP contribution in [0, 0.1) is 0 Å². The van der Waals surface area contributed by atoms with Crippen LogP contribution in [0.4, 0.5) is 0 Å². The smallest absolute Gasteiger partial charge is 0.177 e. The predicted molar refractivity (Wildman–Crippen MR) is 63.7 cm³/mol. The van der Waals surface area contributed by atoms with Gasteiger partial charge in [-0.25, -0.2) is 0 Å². The van der Waals surface area contributed by atoms with Gasteiger partial charge in [0.1, 0.15) is 0 Å². The van der Waals surface area contributed by atoms with Crippen LogP contribution in [0.25, 0.3) is 6.08 Å². The molecular formula is C10H13N3S. The van der Waals surface area contributed by atoms with Crippen LogP contribution in [0.3, 0.4) is 0 Å². The van der Waals surface area contributed by atoms with E-state index in [-0.39, 0.29) is 0 Å². The number of nitrogens with zero attached hydrogens (tertiary/aromatic N) is 1.